The number of para-hydroxylation sites is 2. The Bertz CT molecular complexity index is 914. The molecule has 1 aliphatic heterocycles. The fraction of sp³-hybridized carbons (Fsp3) is 0.200. The van der Waals surface area contributed by atoms with Crippen molar-refractivity contribution in [1.29, 1.82) is 0 Å². The number of amides is 1. The molecule has 1 atom stereocenters. The molecule has 1 fully saturated rings. The Morgan fingerprint density at radius 1 is 1.20 bits per heavy atom. The molecule has 0 spiro atoms. The number of nitrogens with zero attached hydrogens (tertiary/aromatic N) is 2. The lowest BCUT2D eigenvalue weighted by molar-refractivity contribution is -0.126. The quantitative estimate of drug-likeness (QED) is 0.653. The zero-order valence-electron chi connectivity index (χ0n) is 13.7. The lowest BCUT2D eigenvalue weighted by atomic mass is 10.2. The summed E-state index contributed by atoms with van der Waals surface area (Å²) in [6.07, 6.45) is 5.45. The van der Waals surface area contributed by atoms with Gasteiger partial charge >= 0.3 is 0 Å². The van der Waals surface area contributed by atoms with Crippen LogP contribution in [0.3, 0.4) is 0 Å². The van der Waals surface area contributed by atoms with Crippen LogP contribution in [0.1, 0.15) is 30.3 Å². The summed E-state index contributed by atoms with van der Waals surface area (Å²) >= 11 is 3.51. The molecule has 1 unspecified atom stereocenters. The van der Waals surface area contributed by atoms with Crippen LogP contribution in [0.15, 0.2) is 59.1 Å². The lowest BCUT2D eigenvalue weighted by Crippen LogP contribution is -2.29. The smallest absolute Gasteiger partial charge is 0.247 e. The molecule has 25 heavy (non-hydrogen) atoms. The van der Waals surface area contributed by atoms with Crippen LogP contribution in [0.2, 0.25) is 0 Å². The summed E-state index contributed by atoms with van der Waals surface area (Å²) in [7, 11) is 0. The number of likely N-dealkylation sites (tertiary alicyclic amines) is 1. The number of halogens is 1. The van der Waals surface area contributed by atoms with Crippen molar-refractivity contribution in [2.45, 2.75) is 18.9 Å². The number of fused-ring (bicyclic) bond motifs is 1. The van der Waals surface area contributed by atoms with E-state index in [0.717, 1.165) is 46.3 Å². The largest absolute Gasteiger partial charge is 0.340 e. The third-order valence-electron chi connectivity index (χ3n) is 4.57. The number of hydrogen-bond acceptors (Lipinski definition) is 2. The van der Waals surface area contributed by atoms with Crippen LogP contribution in [0, 0.1) is 0 Å². The normalized spacial score (nSPS) is 17.6. The van der Waals surface area contributed by atoms with Crippen LogP contribution >= 0.6 is 15.9 Å². The summed E-state index contributed by atoms with van der Waals surface area (Å²) in [4.78, 5) is 22.7. The van der Waals surface area contributed by atoms with Crippen molar-refractivity contribution in [3.63, 3.8) is 0 Å². The van der Waals surface area contributed by atoms with E-state index in [1.54, 1.807) is 6.08 Å². The van der Waals surface area contributed by atoms with Crippen molar-refractivity contribution in [2.75, 3.05) is 6.54 Å². The number of hydrogen-bond donors (Lipinski definition) is 1. The predicted octanol–water partition coefficient (Wildman–Crippen LogP) is 4.70. The van der Waals surface area contributed by atoms with Gasteiger partial charge in [0.15, 0.2) is 0 Å². The highest BCUT2D eigenvalue weighted by Crippen LogP contribution is 2.31. The van der Waals surface area contributed by atoms with Gasteiger partial charge in [-0.3, -0.25) is 4.79 Å². The van der Waals surface area contributed by atoms with Gasteiger partial charge in [-0.2, -0.15) is 0 Å². The molecule has 4 rings (SSSR count). The monoisotopic (exact) mass is 395 g/mol. The SMILES string of the molecule is O=C(/C=C/c1ccccc1Br)N1CCCC1c1nc2ccccc2[nH]1. The molecule has 1 N–H and O–H groups in total. The molecule has 1 amide bonds. The molecular weight excluding hydrogens is 378 g/mol. The summed E-state index contributed by atoms with van der Waals surface area (Å²) in [5.74, 6) is 0.903. The minimum Gasteiger partial charge on any atom is -0.340 e. The lowest BCUT2D eigenvalue weighted by Gasteiger charge is -2.21. The first-order chi connectivity index (χ1) is 12.2. The van der Waals surface area contributed by atoms with Gasteiger partial charge in [-0.05, 0) is 42.7 Å². The highest BCUT2D eigenvalue weighted by molar-refractivity contribution is 9.10. The Hall–Kier alpha value is -2.40. The van der Waals surface area contributed by atoms with E-state index in [1.807, 2.05) is 59.5 Å². The zero-order valence-corrected chi connectivity index (χ0v) is 15.2. The van der Waals surface area contributed by atoms with Gasteiger partial charge in [0.2, 0.25) is 5.91 Å². The maximum absolute atomic E-state index is 12.7. The third-order valence-corrected chi connectivity index (χ3v) is 5.29. The van der Waals surface area contributed by atoms with Crippen LogP contribution in [-0.2, 0) is 4.79 Å². The molecule has 1 saturated heterocycles. The van der Waals surface area contributed by atoms with Crippen molar-refractivity contribution in [1.82, 2.24) is 14.9 Å². The molecule has 126 valence electrons. The van der Waals surface area contributed by atoms with E-state index in [4.69, 9.17) is 0 Å². The Balaban J connectivity index is 1.56. The van der Waals surface area contributed by atoms with Crippen molar-refractivity contribution < 1.29 is 4.79 Å². The second-order valence-corrected chi connectivity index (χ2v) is 7.04. The number of carbonyl (C=O) groups is 1. The summed E-state index contributed by atoms with van der Waals surface area (Å²) in [5, 5.41) is 0. The van der Waals surface area contributed by atoms with E-state index in [9.17, 15) is 4.79 Å². The molecule has 0 saturated carbocycles. The van der Waals surface area contributed by atoms with E-state index in [0.29, 0.717) is 0 Å². The number of nitrogens with one attached hydrogen (secondary N) is 1. The van der Waals surface area contributed by atoms with Crippen LogP contribution in [-0.4, -0.2) is 27.3 Å². The zero-order chi connectivity index (χ0) is 17.2. The molecule has 1 aliphatic rings. The Labute approximate surface area is 154 Å². The molecule has 0 bridgehead atoms. The van der Waals surface area contributed by atoms with Gasteiger partial charge in [-0.15, -0.1) is 0 Å². The maximum Gasteiger partial charge on any atom is 0.247 e. The van der Waals surface area contributed by atoms with Crippen molar-refractivity contribution in [3.8, 4) is 0 Å². The minimum absolute atomic E-state index is 0.0174. The van der Waals surface area contributed by atoms with Crippen LogP contribution in [0.25, 0.3) is 17.1 Å². The van der Waals surface area contributed by atoms with Crippen LogP contribution in [0.5, 0.6) is 0 Å². The number of carbonyl (C=O) groups excluding carboxylic acids is 1. The van der Waals surface area contributed by atoms with Crippen LogP contribution in [0.4, 0.5) is 0 Å². The van der Waals surface area contributed by atoms with Gasteiger partial charge in [0.1, 0.15) is 5.82 Å². The Morgan fingerprint density at radius 2 is 2.00 bits per heavy atom. The second-order valence-electron chi connectivity index (χ2n) is 6.18. The summed E-state index contributed by atoms with van der Waals surface area (Å²) < 4.78 is 0.981. The second kappa shape index (κ2) is 6.84. The number of H-pyrrole nitrogens is 1. The van der Waals surface area contributed by atoms with E-state index < -0.39 is 0 Å². The van der Waals surface area contributed by atoms with E-state index in [1.165, 1.54) is 0 Å². The molecule has 0 radical (unpaired) electrons. The standard InChI is InChI=1S/C20H18BrN3O/c21-15-7-2-1-6-14(15)11-12-19(25)24-13-5-10-18(24)20-22-16-8-3-4-9-17(16)23-20/h1-4,6-9,11-12,18H,5,10,13H2,(H,22,23)/b12-11+. The average molecular weight is 396 g/mol. The van der Waals surface area contributed by atoms with Gasteiger partial charge < -0.3 is 9.88 Å². The van der Waals surface area contributed by atoms with Gasteiger partial charge in [0.25, 0.3) is 0 Å². The number of benzene rings is 2. The van der Waals surface area contributed by atoms with Gasteiger partial charge in [-0.25, -0.2) is 4.98 Å². The van der Waals surface area contributed by atoms with Crippen molar-refractivity contribution >= 4 is 38.9 Å². The fourth-order valence-electron chi connectivity index (χ4n) is 3.31. The van der Waals surface area contributed by atoms with Gasteiger partial charge in [0.05, 0.1) is 17.1 Å². The van der Waals surface area contributed by atoms with E-state index in [2.05, 4.69) is 25.9 Å². The molecule has 3 aromatic rings. The molecule has 2 aromatic carbocycles. The highest BCUT2D eigenvalue weighted by Gasteiger charge is 2.31. The Morgan fingerprint density at radius 3 is 2.84 bits per heavy atom. The fourth-order valence-corrected chi connectivity index (χ4v) is 3.73. The van der Waals surface area contributed by atoms with Gasteiger partial charge in [0, 0.05) is 17.1 Å². The summed E-state index contributed by atoms with van der Waals surface area (Å²) in [5.41, 5.74) is 2.96. The number of aromatic nitrogens is 2. The molecule has 5 heteroatoms. The van der Waals surface area contributed by atoms with E-state index in [-0.39, 0.29) is 11.9 Å². The number of imidazole rings is 1. The topological polar surface area (TPSA) is 49.0 Å². The molecule has 2 heterocycles. The first-order valence-corrected chi connectivity index (χ1v) is 9.19. The van der Waals surface area contributed by atoms with Crippen LogP contribution < -0.4 is 0 Å². The average Bonchev–Trinajstić information content (AvgIpc) is 3.27. The van der Waals surface area contributed by atoms with Crippen molar-refractivity contribution in [2.24, 2.45) is 0 Å². The minimum atomic E-state index is 0.0174. The highest BCUT2D eigenvalue weighted by atomic mass is 79.9. The number of aromatic amines is 1. The molecular formula is C20H18BrN3O. The molecule has 0 aliphatic carbocycles. The summed E-state index contributed by atoms with van der Waals surface area (Å²) in [6.45, 7) is 0.765. The van der Waals surface area contributed by atoms with Crippen molar-refractivity contribution in [3.05, 3.63) is 70.5 Å². The maximum atomic E-state index is 12.7. The molecule has 4 nitrogen and oxygen atoms in total. The molecule has 1 aromatic heterocycles. The first kappa shape index (κ1) is 16.1. The van der Waals surface area contributed by atoms with E-state index >= 15 is 0 Å². The summed E-state index contributed by atoms with van der Waals surface area (Å²) in [6, 6.07) is 15.9. The Kier molecular flexibility index (Phi) is 4.40. The first-order valence-electron chi connectivity index (χ1n) is 8.40. The third kappa shape index (κ3) is 3.24. The number of rotatable bonds is 3. The predicted molar refractivity (Wildman–Crippen MR) is 103 cm³/mol. The van der Waals surface area contributed by atoms with Gasteiger partial charge in [-0.1, -0.05) is 46.3 Å².